The maximum absolute atomic E-state index is 12.0. The Morgan fingerprint density at radius 3 is 2.19 bits per heavy atom. The van der Waals surface area contributed by atoms with Gasteiger partial charge in [0.25, 0.3) is 0 Å². The molecule has 1 fully saturated rings. The van der Waals surface area contributed by atoms with Gasteiger partial charge in [-0.1, -0.05) is 30.3 Å². The van der Waals surface area contributed by atoms with Gasteiger partial charge in [-0.15, -0.1) is 0 Å². The maximum Gasteiger partial charge on any atom is 0.408 e. The van der Waals surface area contributed by atoms with Crippen molar-refractivity contribution in [3.8, 4) is 0 Å². The number of carboxylic acids is 1. The van der Waals surface area contributed by atoms with E-state index in [-0.39, 0.29) is 19.7 Å². The van der Waals surface area contributed by atoms with E-state index in [9.17, 15) is 29.7 Å². The molecule has 2 bridgehead atoms. The lowest BCUT2D eigenvalue weighted by molar-refractivity contribution is -0.142. The molecule has 3 rings (SSSR count). The molecule has 2 aliphatic heterocycles. The summed E-state index contributed by atoms with van der Waals surface area (Å²) in [6.45, 7) is -0.242. The standard InChI is InChI=1S/C18H20N2O7/c21-6-5-10-1-3-11(4-2-10)13-7-12-8-19(17(24)25)9-14(15(13)16(22)23)20(12)18(26)27/h1-4,7,12,14-15,21H,5-6,8-9H2,(H,22,23)(H,24,25)(H,26,27)/t12-,14-,15?/m1/s1. The summed E-state index contributed by atoms with van der Waals surface area (Å²) < 4.78 is 0. The van der Waals surface area contributed by atoms with Crippen LogP contribution in [0.3, 0.4) is 0 Å². The van der Waals surface area contributed by atoms with Crippen LogP contribution in [0.5, 0.6) is 0 Å². The molecule has 0 aromatic heterocycles. The molecule has 0 saturated carbocycles. The Morgan fingerprint density at radius 1 is 1.00 bits per heavy atom. The van der Waals surface area contributed by atoms with Crippen LogP contribution in [0.25, 0.3) is 5.57 Å². The number of rotatable bonds is 4. The maximum atomic E-state index is 12.0. The molecule has 2 heterocycles. The summed E-state index contributed by atoms with van der Waals surface area (Å²) in [6.07, 6.45) is -0.452. The number of amides is 2. The Balaban J connectivity index is 2.05. The van der Waals surface area contributed by atoms with Gasteiger partial charge in [-0.25, -0.2) is 9.59 Å². The summed E-state index contributed by atoms with van der Waals surface area (Å²) in [5, 5.41) is 37.6. The van der Waals surface area contributed by atoms with Gasteiger partial charge in [-0.05, 0) is 23.1 Å². The number of aliphatic carboxylic acids is 1. The lowest BCUT2D eigenvalue weighted by Crippen LogP contribution is -2.65. The van der Waals surface area contributed by atoms with Gasteiger partial charge in [0, 0.05) is 19.7 Å². The predicted molar refractivity (Wildman–Crippen MR) is 93.4 cm³/mol. The van der Waals surface area contributed by atoms with E-state index in [1.165, 1.54) is 0 Å². The first-order chi connectivity index (χ1) is 12.8. The largest absolute Gasteiger partial charge is 0.481 e. The highest BCUT2D eigenvalue weighted by Crippen LogP contribution is 2.38. The monoisotopic (exact) mass is 376 g/mol. The van der Waals surface area contributed by atoms with Crippen molar-refractivity contribution in [3.05, 3.63) is 41.5 Å². The molecule has 0 spiro atoms. The number of aliphatic hydroxyl groups excluding tert-OH is 1. The number of piperazine rings is 1. The number of aliphatic hydroxyl groups is 1. The molecule has 144 valence electrons. The van der Waals surface area contributed by atoms with E-state index in [0.29, 0.717) is 17.6 Å². The van der Waals surface area contributed by atoms with Gasteiger partial charge in [0.2, 0.25) is 0 Å². The Kier molecular flexibility index (Phi) is 5.04. The molecule has 2 aliphatic rings. The van der Waals surface area contributed by atoms with Crippen molar-refractivity contribution in [1.29, 1.82) is 0 Å². The number of carboxylic acid groups (broad SMARTS) is 3. The van der Waals surface area contributed by atoms with E-state index >= 15 is 0 Å². The van der Waals surface area contributed by atoms with Gasteiger partial charge in [-0.3, -0.25) is 9.69 Å². The van der Waals surface area contributed by atoms with E-state index in [1.807, 2.05) is 0 Å². The van der Waals surface area contributed by atoms with Gasteiger partial charge in [0.05, 0.1) is 12.1 Å². The molecule has 1 unspecified atom stereocenters. The van der Waals surface area contributed by atoms with Crippen LogP contribution in [-0.4, -0.2) is 80.2 Å². The second-order valence-corrected chi connectivity index (χ2v) is 6.62. The molecular formula is C18H20N2O7. The predicted octanol–water partition coefficient (Wildman–Crippen LogP) is 1.03. The third kappa shape index (κ3) is 3.45. The topological polar surface area (TPSA) is 139 Å². The number of hydrogen-bond donors (Lipinski definition) is 4. The van der Waals surface area contributed by atoms with Crippen LogP contribution in [0.4, 0.5) is 9.59 Å². The Hall–Kier alpha value is -3.07. The zero-order valence-corrected chi connectivity index (χ0v) is 14.4. The average molecular weight is 376 g/mol. The summed E-state index contributed by atoms with van der Waals surface area (Å²) in [7, 11) is 0. The van der Waals surface area contributed by atoms with Crippen molar-refractivity contribution in [1.82, 2.24) is 9.80 Å². The van der Waals surface area contributed by atoms with Crippen LogP contribution in [0.2, 0.25) is 0 Å². The normalized spacial score (nSPS) is 24.3. The summed E-state index contributed by atoms with van der Waals surface area (Å²) in [6, 6.07) is 5.30. The molecule has 0 aliphatic carbocycles. The lowest BCUT2D eigenvalue weighted by Gasteiger charge is -2.49. The lowest BCUT2D eigenvalue weighted by atomic mass is 9.78. The highest BCUT2D eigenvalue weighted by molar-refractivity contribution is 5.91. The van der Waals surface area contributed by atoms with E-state index in [1.54, 1.807) is 30.3 Å². The highest BCUT2D eigenvalue weighted by atomic mass is 16.4. The van der Waals surface area contributed by atoms with Gasteiger partial charge in [-0.2, -0.15) is 0 Å². The van der Waals surface area contributed by atoms with E-state index in [4.69, 9.17) is 5.11 Å². The second kappa shape index (κ2) is 7.28. The van der Waals surface area contributed by atoms with Crippen molar-refractivity contribution in [2.75, 3.05) is 19.7 Å². The number of benzene rings is 1. The fraction of sp³-hybridized carbons (Fsp3) is 0.389. The third-order valence-electron chi connectivity index (χ3n) is 5.07. The van der Waals surface area contributed by atoms with Crippen molar-refractivity contribution in [3.63, 3.8) is 0 Å². The van der Waals surface area contributed by atoms with E-state index < -0.39 is 36.2 Å². The van der Waals surface area contributed by atoms with Gasteiger partial charge in [0.15, 0.2) is 0 Å². The molecule has 1 aromatic carbocycles. The number of carbonyl (C=O) groups is 3. The molecule has 27 heavy (non-hydrogen) atoms. The third-order valence-corrected chi connectivity index (χ3v) is 5.07. The smallest absolute Gasteiger partial charge is 0.408 e. The van der Waals surface area contributed by atoms with E-state index in [0.717, 1.165) is 15.4 Å². The molecule has 9 nitrogen and oxygen atoms in total. The van der Waals surface area contributed by atoms with Crippen molar-refractivity contribution >= 4 is 23.7 Å². The van der Waals surface area contributed by atoms with Crippen molar-refractivity contribution in [2.45, 2.75) is 18.5 Å². The first kappa shape index (κ1) is 18.7. The molecular weight excluding hydrogens is 356 g/mol. The fourth-order valence-electron chi connectivity index (χ4n) is 3.87. The summed E-state index contributed by atoms with van der Waals surface area (Å²) in [4.78, 5) is 37.1. The molecule has 9 heteroatoms. The number of hydrogen-bond acceptors (Lipinski definition) is 4. The van der Waals surface area contributed by atoms with Gasteiger partial charge < -0.3 is 25.3 Å². The molecule has 1 aromatic rings. The van der Waals surface area contributed by atoms with Crippen LogP contribution in [-0.2, 0) is 11.2 Å². The van der Waals surface area contributed by atoms with Crippen LogP contribution >= 0.6 is 0 Å². The highest BCUT2D eigenvalue weighted by Gasteiger charge is 2.49. The fourth-order valence-corrected chi connectivity index (χ4v) is 3.87. The minimum atomic E-state index is -1.27. The van der Waals surface area contributed by atoms with Crippen molar-refractivity contribution in [2.24, 2.45) is 5.92 Å². The number of nitrogens with zero attached hydrogens (tertiary/aromatic N) is 2. The first-order valence-corrected chi connectivity index (χ1v) is 8.47. The minimum Gasteiger partial charge on any atom is -0.481 e. The Labute approximate surface area is 154 Å². The van der Waals surface area contributed by atoms with Crippen LogP contribution in [0, 0.1) is 5.92 Å². The SMILES string of the molecule is O=C(O)C1C(c2ccc(CCO)cc2)=C[C@@H]2CN(C(=O)O)C[C@H]1N2C(=O)O. The minimum absolute atomic E-state index is 0.00252. The van der Waals surface area contributed by atoms with Gasteiger partial charge >= 0.3 is 18.2 Å². The Bertz CT molecular complexity index is 789. The summed E-state index contributed by atoms with van der Waals surface area (Å²) >= 11 is 0. The second-order valence-electron chi connectivity index (χ2n) is 6.62. The van der Waals surface area contributed by atoms with Crippen LogP contribution in [0.1, 0.15) is 11.1 Å². The summed E-state index contributed by atoms with van der Waals surface area (Å²) in [5.41, 5.74) is 2.03. The average Bonchev–Trinajstić information content (AvgIpc) is 2.60. The number of fused-ring (bicyclic) bond motifs is 2. The molecule has 3 atom stereocenters. The molecule has 4 N–H and O–H groups in total. The summed E-state index contributed by atoms with van der Waals surface area (Å²) in [5.74, 6) is -2.38. The van der Waals surface area contributed by atoms with Gasteiger partial charge in [0.1, 0.15) is 5.92 Å². The quantitative estimate of drug-likeness (QED) is 0.615. The zero-order chi connectivity index (χ0) is 19.7. The molecule has 1 saturated heterocycles. The first-order valence-electron chi connectivity index (χ1n) is 8.47. The zero-order valence-electron chi connectivity index (χ0n) is 14.4. The molecule has 2 amide bonds. The van der Waals surface area contributed by atoms with Crippen LogP contribution in [0.15, 0.2) is 30.3 Å². The van der Waals surface area contributed by atoms with E-state index in [2.05, 4.69) is 0 Å². The van der Waals surface area contributed by atoms with Crippen molar-refractivity contribution < 1.29 is 34.8 Å². The molecule has 0 radical (unpaired) electrons. The van der Waals surface area contributed by atoms with Crippen LogP contribution < -0.4 is 0 Å². The Morgan fingerprint density at radius 2 is 1.67 bits per heavy atom.